The van der Waals surface area contributed by atoms with Crippen LogP contribution in [0.5, 0.6) is 0 Å². The SMILES string of the molecule is C=C(C)CN(C)S(=O)(=O)c1ccccc1CO. The van der Waals surface area contributed by atoms with E-state index in [9.17, 15) is 8.42 Å². The summed E-state index contributed by atoms with van der Waals surface area (Å²) in [7, 11) is -2.07. The van der Waals surface area contributed by atoms with Gasteiger partial charge in [-0.05, 0) is 18.6 Å². The van der Waals surface area contributed by atoms with Crippen LogP contribution in [0.25, 0.3) is 0 Å². The van der Waals surface area contributed by atoms with Gasteiger partial charge < -0.3 is 5.11 Å². The highest BCUT2D eigenvalue weighted by Gasteiger charge is 2.22. The summed E-state index contributed by atoms with van der Waals surface area (Å²) >= 11 is 0. The van der Waals surface area contributed by atoms with Gasteiger partial charge in [-0.2, -0.15) is 4.31 Å². The standard InChI is InChI=1S/C12H17NO3S/c1-10(2)8-13(3)17(15,16)12-7-5-4-6-11(12)9-14/h4-7,14H,1,8-9H2,2-3H3. The Labute approximate surface area is 102 Å². The van der Waals surface area contributed by atoms with Crippen LogP contribution in [0.4, 0.5) is 0 Å². The Morgan fingerprint density at radius 1 is 1.41 bits per heavy atom. The Bertz CT molecular complexity index is 508. The highest BCUT2D eigenvalue weighted by molar-refractivity contribution is 7.89. The van der Waals surface area contributed by atoms with E-state index in [0.29, 0.717) is 5.56 Å². The second-order valence-corrected chi connectivity index (χ2v) is 6.00. The molecule has 0 aliphatic rings. The van der Waals surface area contributed by atoms with Crippen molar-refractivity contribution in [1.82, 2.24) is 4.31 Å². The van der Waals surface area contributed by atoms with Gasteiger partial charge in [0.1, 0.15) is 0 Å². The highest BCUT2D eigenvalue weighted by Crippen LogP contribution is 2.19. The first-order chi connectivity index (χ1) is 7.89. The van der Waals surface area contributed by atoms with Crippen LogP contribution in [0, 0.1) is 0 Å². The molecule has 17 heavy (non-hydrogen) atoms. The van der Waals surface area contributed by atoms with Crippen LogP contribution in [0.1, 0.15) is 12.5 Å². The van der Waals surface area contributed by atoms with Gasteiger partial charge in [0.15, 0.2) is 0 Å². The maximum atomic E-state index is 12.2. The topological polar surface area (TPSA) is 57.6 Å². The zero-order chi connectivity index (χ0) is 13.1. The average Bonchev–Trinajstić information content (AvgIpc) is 2.28. The molecule has 1 rings (SSSR count). The minimum atomic E-state index is -3.56. The van der Waals surface area contributed by atoms with Gasteiger partial charge in [0.25, 0.3) is 0 Å². The summed E-state index contributed by atoms with van der Waals surface area (Å²) in [5.41, 5.74) is 1.17. The van der Waals surface area contributed by atoms with Gasteiger partial charge >= 0.3 is 0 Å². The Hall–Kier alpha value is -1.17. The minimum absolute atomic E-state index is 0.145. The van der Waals surface area contributed by atoms with Crippen molar-refractivity contribution in [2.45, 2.75) is 18.4 Å². The third-order valence-corrected chi connectivity index (χ3v) is 4.23. The molecule has 0 atom stereocenters. The number of aliphatic hydroxyl groups excluding tert-OH is 1. The van der Waals surface area contributed by atoms with Gasteiger partial charge in [-0.3, -0.25) is 0 Å². The molecular weight excluding hydrogens is 238 g/mol. The van der Waals surface area contributed by atoms with Crippen molar-refractivity contribution >= 4 is 10.0 Å². The van der Waals surface area contributed by atoms with E-state index in [4.69, 9.17) is 5.11 Å². The Kier molecular flexibility index (Phi) is 4.45. The second kappa shape index (κ2) is 5.44. The molecule has 0 saturated carbocycles. The lowest BCUT2D eigenvalue weighted by molar-refractivity contribution is 0.278. The van der Waals surface area contributed by atoms with Crippen LogP contribution in [0.2, 0.25) is 0 Å². The zero-order valence-corrected chi connectivity index (χ0v) is 10.9. The van der Waals surface area contributed by atoms with E-state index >= 15 is 0 Å². The Morgan fingerprint density at radius 2 is 2.00 bits per heavy atom. The molecular formula is C12H17NO3S. The summed E-state index contributed by atoms with van der Waals surface area (Å²) in [6.07, 6.45) is 0. The smallest absolute Gasteiger partial charge is 0.243 e. The number of hydrogen-bond donors (Lipinski definition) is 1. The molecule has 5 heteroatoms. The fraction of sp³-hybridized carbons (Fsp3) is 0.333. The van der Waals surface area contributed by atoms with E-state index < -0.39 is 10.0 Å². The quantitative estimate of drug-likeness (QED) is 0.809. The lowest BCUT2D eigenvalue weighted by Crippen LogP contribution is -2.29. The molecule has 0 bridgehead atoms. The number of sulfonamides is 1. The van der Waals surface area contributed by atoms with Gasteiger partial charge in [0, 0.05) is 13.6 Å². The van der Waals surface area contributed by atoms with E-state index in [-0.39, 0.29) is 18.0 Å². The van der Waals surface area contributed by atoms with Crippen LogP contribution in [-0.4, -0.2) is 31.4 Å². The predicted molar refractivity (Wildman–Crippen MR) is 67.0 cm³/mol. The largest absolute Gasteiger partial charge is 0.392 e. The van der Waals surface area contributed by atoms with E-state index in [1.165, 1.54) is 17.4 Å². The first kappa shape index (κ1) is 13.9. The maximum Gasteiger partial charge on any atom is 0.243 e. The van der Waals surface area contributed by atoms with Crippen molar-refractivity contribution in [2.75, 3.05) is 13.6 Å². The van der Waals surface area contributed by atoms with Crippen molar-refractivity contribution in [2.24, 2.45) is 0 Å². The molecule has 0 unspecified atom stereocenters. The number of benzene rings is 1. The molecule has 0 aliphatic heterocycles. The highest BCUT2D eigenvalue weighted by atomic mass is 32.2. The van der Waals surface area contributed by atoms with E-state index in [1.54, 1.807) is 25.1 Å². The molecule has 4 nitrogen and oxygen atoms in total. The van der Waals surface area contributed by atoms with Crippen molar-refractivity contribution in [3.05, 3.63) is 42.0 Å². The molecule has 0 spiro atoms. The molecule has 0 heterocycles. The van der Waals surface area contributed by atoms with Gasteiger partial charge in [-0.15, -0.1) is 0 Å². The lowest BCUT2D eigenvalue weighted by atomic mass is 10.2. The van der Waals surface area contributed by atoms with E-state index in [0.717, 1.165) is 5.57 Å². The van der Waals surface area contributed by atoms with Crippen molar-refractivity contribution in [3.8, 4) is 0 Å². The summed E-state index contributed by atoms with van der Waals surface area (Å²) in [5.74, 6) is 0. The number of likely N-dealkylation sites (N-methyl/N-ethyl adjacent to an activating group) is 1. The van der Waals surface area contributed by atoms with Crippen LogP contribution in [0.15, 0.2) is 41.3 Å². The number of rotatable bonds is 5. The Balaban J connectivity index is 3.17. The molecule has 1 N–H and O–H groups in total. The van der Waals surface area contributed by atoms with Crippen molar-refractivity contribution < 1.29 is 13.5 Å². The fourth-order valence-corrected chi connectivity index (χ4v) is 2.96. The molecule has 0 amide bonds. The molecule has 94 valence electrons. The number of hydrogen-bond acceptors (Lipinski definition) is 3. The minimum Gasteiger partial charge on any atom is -0.392 e. The molecule has 0 saturated heterocycles. The van der Waals surface area contributed by atoms with Gasteiger partial charge in [0.05, 0.1) is 11.5 Å². The van der Waals surface area contributed by atoms with E-state index in [1.807, 2.05) is 0 Å². The second-order valence-electron chi connectivity index (χ2n) is 3.98. The van der Waals surface area contributed by atoms with Crippen LogP contribution in [-0.2, 0) is 16.6 Å². The third-order valence-electron chi connectivity index (χ3n) is 2.32. The zero-order valence-electron chi connectivity index (χ0n) is 10.0. The maximum absolute atomic E-state index is 12.2. The summed E-state index contributed by atoms with van der Waals surface area (Å²) in [4.78, 5) is 0.145. The average molecular weight is 255 g/mol. The van der Waals surface area contributed by atoms with Crippen LogP contribution < -0.4 is 0 Å². The number of nitrogens with zero attached hydrogens (tertiary/aromatic N) is 1. The van der Waals surface area contributed by atoms with Crippen LogP contribution in [0.3, 0.4) is 0 Å². The van der Waals surface area contributed by atoms with Crippen LogP contribution >= 0.6 is 0 Å². The first-order valence-electron chi connectivity index (χ1n) is 5.19. The number of aliphatic hydroxyl groups is 1. The predicted octanol–water partition coefficient (Wildman–Crippen LogP) is 1.38. The van der Waals surface area contributed by atoms with Gasteiger partial charge in [-0.25, -0.2) is 8.42 Å². The van der Waals surface area contributed by atoms with Crippen molar-refractivity contribution in [1.29, 1.82) is 0 Å². The summed E-state index contributed by atoms with van der Waals surface area (Å²) in [6, 6.07) is 6.43. The van der Waals surface area contributed by atoms with Gasteiger partial charge in [0.2, 0.25) is 10.0 Å². The fourth-order valence-electron chi connectivity index (χ4n) is 1.52. The van der Waals surface area contributed by atoms with Crippen molar-refractivity contribution in [3.63, 3.8) is 0 Å². The summed E-state index contributed by atoms with van der Waals surface area (Å²) in [6.45, 7) is 5.43. The summed E-state index contributed by atoms with van der Waals surface area (Å²) < 4.78 is 25.7. The molecule has 1 aromatic rings. The first-order valence-corrected chi connectivity index (χ1v) is 6.63. The monoisotopic (exact) mass is 255 g/mol. The molecule has 0 radical (unpaired) electrons. The molecule has 0 aliphatic carbocycles. The van der Waals surface area contributed by atoms with Gasteiger partial charge in [-0.1, -0.05) is 30.4 Å². The molecule has 0 fully saturated rings. The molecule has 1 aromatic carbocycles. The Morgan fingerprint density at radius 3 is 2.53 bits per heavy atom. The normalized spacial score (nSPS) is 11.8. The van der Waals surface area contributed by atoms with E-state index in [2.05, 4.69) is 6.58 Å². The molecule has 0 aromatic heterocycles. The summed E-state index contributed by atoms with van der Waals surface area (Å²) in [5, 5.41) is 9.14. The third kappa shape index (κ3) is 3.15. The lowest BCUT2D eigenvalue weighted by Gasteiger charge is -2.18.